The Morgan fingerprint density at radius 1 is 1.29 bits per heavy atom. The lowest BCUT2D eigenvalue weighted by Crippen LogP contribution is -2.35. The van der Waals surface area contributed by atoms with E-state index in [1.807, 2.05) is 0 Å². The van der Waals surface area contributed by atoms with Crippen molar-refractivity contribution in [3.63, 3.8) is 0 Å². The number of allylic oxidation sites excluding steroid dienone is 1. The molecule has 1 aromatic rings. The van der Waals surface area contributed by atoms with Gasteiger partial charge in [-0.15, -0.1) is 0 Å². The maximum atomic E-state index is 13.3. The van der Waals surface area contributed by atoms with Crippen molar-refractivity contribution < 1.29 is 32.6 Å². The van der Waals surface area contributed by atoms with Gasteiger partial charge < -0.3 is 9.84 Å². The van der Waals surface area contributed by atoms with Gasteiger partial charge in [0.1, 0.15) is 0 Å². The first-order valence-electron chi connectivity index (χ1n) is 6.70. The Labute approximate surface area is 134 Å². The maximum Gasteiger partial charge on any atom is 0.416 e. The number of methoxy groups -OCH3 is 1. The molecule has 24 heavy (non-hydrogen) atoms. The Morgan fingerprint density at radius 3 is 2.46 bits per heavy atom. The van der Waals surface area contributed by atoms with Crippen LogP contribution in [0.4, 0.5) is 13.2 Å². The topological polar surface area (TPSA) is 88.0 Å². The van der Waals surface area contributed by atoms with Gasteiger partial charge >= 0.3 is 18.1 Å². The molecule has 0 aliphatic carbocycles. The Hall–Kier alpha value is -2.84. The molecule has 0 bridgehead atoms. The number of rotatable bonds is 3. The smallest absolute Gasteiger partial charge is 0.416 e. The van der Waals surface area contributed by atoms with Gasteiger partial charge in [0.25, 0.3) is 0 Å². The van der Waals surface area contributed by atoms with Crippen molar-refractivity contribution in [3.8, 4) is 0 Å². The van der Waals surface area contributed by atoms with E-state index >= 15 is 0 Å². The number of carbonyl (C=O) groups is 2. The van der Waals surface area contributed by atoms with Gasteiger partial charge in [0, 0.05) is 5.70 Å². The quantitative estimate of drug-likeness (QED) is 0.823. The van der Waals surface area contributed by atoms with E-state index in [-0.39, 0.29) is 16.8 Å². The molecular formula is C15H13F3N2O4. The van der Waals surface area contributed by atoms with E-state index in [2.05, 4.69) is 15.3 Å². The van der Waals surface area contributed by atoms with E-state index in [0.29, 0.717) is 0 Å². The minimum Gasteiger partial charge on any atom is -0.477 e. The number of nitrogens with zero attached hydrogens (tertiary/aromatic N) is 1. The van der Waals surface area contributed by atoms with Crippen molar-refractivity contribution >= 4 is 17.7 Å². The highest BCUT2D eigenvalue weighted by atomic mass is 19.4. The third kappa shape index (κ3) is 3.10. The summed E-state index contributed by atoms with van der Waals surface area (Å²) in [4.78, 5) is 23.5. The molecule has 0 fully saturated rings. The number of esters is 1. The maximum absolute atomic E-state index is 13.3. The molecule has 0 saturated carbocycles. The highest BCUT2D eigenvalue weighted by molar-refractivity contribution is 6.39. The second-order valence-corrected chi connectivity index (χ2v) is 4.96. The van der Waals surface area contributed by atoms with Crippen LogP contribution < -0.4 is 5.43 Å². The Balaban J connectivity index is 2.74. The molecule has 2 rings (SSSR count). The molecule has 1 aliphatic heterocycles. The van der Waals surface area contributed by atoms with Crippen LogP contribution in [0.1, 0.15) is 24.0 Å². The summed E-state index contributed by atoms with van der Waals surface area (Å²) in [7, 11) is 1.06. The zero-order valence-electron chi connectivity index (χ0n) is 12.6. The summed E-state index contributed by atoms with van der Waals surface area (Å²) < 4.78 is 44.5. The molecule has 1 atom stereocenters. The van der Waals surface area contributed by atoms with Crippen molar-refractivity contribution in [3.05, 3.63) is 46.7 Å². The number of ether oxygens (including phenoxy) is 1. The van der Waals surface area contributed by atoms with Crippen LogP contribution in [0.3, 0.4) is 0 Å². The summed E-state index contributed by atoms with van der Waals surface area (Å²) in [5.41, 5.74) is 0.175. The minimum atomic E-state index is -4.72. The van der Waals surface area contributed by atoms with E-state index < -0.39 is 35.3 Å². The number of hydrogen-bond acceptors (Lipinski definition) is 5. The van der Waals surface area contributed by atoms with Gasteiger partial charge in [0.15, 0.2) is 5.71 Å². The van der Waals surface area contributed by atoms with Crippen molar-refractivity contribution in [2.75, 3.05) is 7.11 Å². The summed E-state index contributed by atoms with van der Waals surface area (Å²) in [5.74, 6) is -3.98. The molecule has 9 heteroatoms. The molecular weight excluding hydrogens is 329 g/mol. The van der Waals surface area contributed by atoms with Crippen LogP contribution >= 0.6 is 0 Å². The summed E-state index contributed by atoms with van der Waals surface area (Å²) in [6.07, 6.45) is -4.72. The van der Waals surface area contributed by atoms with Crippen molar-refractivity contribution in [1.29, 1.82) is 0 Å². The van der Waals surface area contributed by atoms with Crippen molar-refractivity contribution in [2.45, 2.75) is 19.0 Å². The van der Waals surface area contributed by atoms with E-state index in [0.717, 1.165) is 19.2 Å². The number of carboxylic acids is 1. The first kappa shape index (κ1) is 17.5. The number of aliphatic carboxylic acids is 1. The first-order chi connectivity index (χ1) is 11.2. The average molecular weight is 342 g/mol. The van der Waals surface area contributed by atoms with Gasteiger partial charge in [-0.1, -0.05) is 18.2 Å². The van der Waals surface area contributed by atoms with E-state index in [4.69, 9.17) is 0 Å². The Bertz CT molecular complexity index is 753. The number of carboxylic acid groups (broad SMARTS) is 1. The monoisotopic (exact) mass is 342 g/mol. The lowest BCUT2D eigenvalue weighted by Gasteiger charge is -2.27. The number of nitrogens with one attached hydrogen (secondary N) is 1. The fourth-order valence-electron chi connectivity index (χ4n) is 2.48. The molecule has 128 valence electrons. The van der Waals surface area contributed by atoms with Crippen LogP contribution in [0.2, 0.25) is 0 Å². The van der Waals surface area contributed by atoms with Crippen LogP contribution in [-0.4, -0.2) is 29.9 Å². The second-order valence-electron chi connectivity index (χ2n) is 4.96. The zero-order chi connectivity index (χ0) is 18.1. The lowest BCUT2D eigenvalue weighted by atomic mass is 9.82. The molecule has 1 unspecified atom stereocenters. The number of hydrogen-bond donors (Lipinski definition) is 2. The SMILES string of the molecule is COC(=O)C1=C(C)NN=C(C(=O)O)C1c1ccccc1C(F)(F)F. The molecule has 0 aromatic heterocycles. The number of benzene rings is 1. The Kier molecular flexibility index (Phi) is 4.63. The van der Waals surface area contributed by atoms with Gasteiger partial charge in [-0.3, -0.25) is 5.43 Å². The molecule has 1 aliphatic rings. The van der Waals surface area contributed by atoms with Crippen LogP contribution in [0.25, 0.3) is 0 Å². The van der Waals surface area contributed by atoms with Gasteiger partial charge in [0.05, 0.1) is 24.2 Å². The van der Waals surface area contributed by atoms with Gasteiger partial charge in [-0.2, -0.15) is 18.3 Å². The molecule has 0 amide bonds. The predicted molar refractivity (Wildman–Crippen MR) is 77.1 cm³/mol. The molecule has 0 saturated heterocycles. The lowest BCUT2D eigenvalue weighted by molar-refractivity contribution is -0.139. The molecule has 6 nitrogen and oxygen atoms in total. The molecule has 2 N–H and O–H groups in total. The predicted octanol–water partition coefficient (Wildman–Crippen LogP) is 2.28. The second kappa shape index (κ2) is 6.34. The summed E-state index contributed by atoms with van der Waals surface area (Å²) >= 11 is 0. The number of alkyl halides is 3. The van der Waals surface area contributed by atoms with E-state index in [1.54, 1.807) is 0 Å². The van der Waals surface area contributed by atoms with Crippen molar-refractivity contribution in [2.24, 2.45) is 5.10 Å². The first-order valence-corrected chi connectivity index (χ1v) is 6.70. The van der Waals surface area contributed by atoms with Gasteiger partial charge in [0.2, 0.25) is 0 Å². The number of carbonyl (C=O) groups excluding carboxylic acids is 1. The van der Waals surface area contributed by atoms with E-state index in [1.165, 1.54) is 19.1 Å². The Morgan fingerprint density at radius 2 is 1.92 bits per heavy atom. The average Bonchev–Trinajstić information content (AvgIpc) is 2.52. The number of halogens is 3. The standard InChI is InChI=1S/C15H13F3N2O4/c1-7-10(14(23)24-2)11(12(13(21)22)20-19-7)8-5-3-4-6-9(8)15(16,17)18/h3-6,11,19H,1-2H3,(H,21,22). The minimum absolute atomic E-state index is 0.119. The van der Waals surface area contributed by atoms with Gasteiger partial charge in [-0.25, -0.2) is 9.59 Å². The largest absolute Gasteiger partial charge is 0.477 e. The summed E-state index contributed by atoms with van der Waals surface area (Å²) in [5, 5.41) is 12.9. The third-order valence-electron chi connectivity index (χ3n) is 3.51. The zero-order valence-corrected chi connectivity index (χ0v) is 12.6. The highest BCUT2D eigenvalue weighted by Gasteiger charge is 2.42. The van der Waals surface area contributed by atoms with Crippen LogP contribution in [0.5, 0.6) is 0 Å². The fraction of sp³-hybridized carbons (Fsp3) is 0.267. The molecule has 1 aromatic carbocycles. The summed E-state index contributed by atoms with van der Waals surface area (Å²) in [6.45, 7) is 1.40. The summed E-state index contributed by atoms with van der Waals surface area (Å²) in [6, 6.07) is 4.45. The van der Waals surface area contributed by atoms with Crippen LogP contribution in [0.15, 0.2) is 40.6 Å². The van der Waals surface area contributed by atoms with Crippen LogP contribution in [-0.2, 0) is 20.5 Å². The third-order valence-corrected chi connectivity index (χ3v) is 3.51. The molecule has 0 spiro atoms. The molecule has 1 heterocycles. The normalized spacial score (nSPS) is 17.9. The van der Waals surface area contributed by atoms with Gasteiger partial charge in [-0.05, 0) is 18.6 Å². The molecule has 0 radical (unpaired) electrons. The highest BCUT2D eigenvalue weighted by Crippen LogP contribution is 2.40. The van der Waals surface area contributed by atoms with Crippen LogP contribution in [0, 0.1) is 0 Å². The van der Waals surface area contributed by atoms with Crippen molar-refractivity contribution in [1.82, 2.24) is 5.43 Å². The fourth-order valence-corrected chi connectivity index (χ4v) is 2.48. The van der Waals surface area contributed by atoms with E-state index in [9.17, 15) is 27.9 Å². The number of hydrazone groups is 1.